The Labute approximate surface area is 191 Å². The van der Waals surface area contributed by atoms with Crippen molar-refractivity contribution < 1.29 is 9.53 Å². The lowest BCUT2D eigenvalue weighted by molar-refractivity contribution is -0.112. The van der Waals surface area contributed by atoms with E-state index in [9.17, 15) is 10.1 Å². The number of hydrogen-bond donors (Lipinski definition) is 1. The molecule has 0 atom stereocenters. The van der Waals surface area contributed by atoms with Crippen LogP contribution in [0, 0.1) is 11.3 Å². The standard InChI is InChI=1S/C26H21N5O2/c1-2-33-24-12-10-22(11-13-24)29-26(32)20(16-27)15-21-18-31(23-8-4-3-5-9-23)30-25(21)19-7-6-14-28-17-19/h3-15,17-18H,2H2,1H3,(H,29,32)/b20-15+. The molecule has 0 saturated heterocycles. The van der Waals surface area contributed by atoms with E-state index in [2.05, 4.69) is 15.4 Å². The first-order chi connectivity index (χ1) is 16.2. The molecule has 7 heteroatoms. The van der Waals surface area contributed by atoms with Crippen LogP contribution in [0.3, 0.4) is 0 Å². The van der Waals surface area contributed by atoms with Crippen LogP contribution in [-0.2, 0) is 4.79 Å². The maximum Gasteiger partial charge on any atom is 0.266 e. The number of anilines is 1. The van der Waals surface area contributed by atoms with Crippen LogP contribution in [0.15, 0.2) is 90.9 Å². The van der Waals surface area contributed by atoms with Gasteiger partial charge in [-0.15, -0.1) is 0 Å². The minimum atomic E-state index is -0.508. The van der Waals surface area contributed by atoms with E-state index in [0.717, 1.165) is 11.3 Å². The Morgan fingerprint density at radius 2 is 1.91 bits per heavy atom. The van der Waals surface area contributed by atoms with Crippen molar-refractivity contribution in [3.8, 4) is 28.8 Å². The first-order valence-corrected chi connectivity index (χ1v) is 10.4. The molecule has 1 N–H and O–H groups in total. The van der Waals surface area contributed by atoms with Gasteiger partial charge in [-0.2, -0.15) is 10.4 Å². The van der Waals surface area contributed by atoms with Crippen molar-refractivity contribution in [3.63, 3.8) is 0 Å². The highest BCUT2D eigenvalue weighted by Gasteiger charge is 2.15. The number of ether oxygens (including phenoxy) is 1. The average molecular weight is 435 g/mol. The zero-order valence-electron chi connectivity index (χ0n) is 18.0. The molecule has 0 saturated carbocycles. The number of rotatable bonds is 7. The van der Waals surface area contributed by atoms with Gasteiger partial charge in [-0.25, -0.2) is 4.68 Å². The fraction of sp³-hybridized carbons (Fsp3) is 0.0769. The number of para-hydroxylation sites is 1. The van der Waals surface area contributed by atoms with Gasteiger partial charge in [-0.3, -0.25) is 9.78 Å². The first-order valence-electron chi connectivity index (χ1n) is 10.4. The number of benzene rings is 2. The quantitative estimate of drug-likeness (QED) is 0.330. The van der Waals surface area contributed by atoms with Crippen molar-refractivity contribution in [1.82, 2.24) is 14.8 Å². The molecule has 0 unspecified atom stereocenters. The molecule has 0 bridgehead atoms. The summed E-state index contributed by atoms with van der Waals surface area (Å²) in [5, 5.41) is 17.1. The van der Waals surface area contributed by atoms with Crippen LogP contribution in [-0.4, -0.2) is 27.3 Å². The summed E-state index contributed by atoms with van der Waals surface area (Å²) >= 11 is 0. The summed E-state index contributed by atoms with van der Waals surface area (Å²) in [5.74, 6) is 0.201. The predicted molar refractivity (Wildman–Crippen MR) is 127 cm³/mol. The minimum absolute atomic E-state index is 0.0402. The SMILES string of the molecule is CCOc1ccc(NC(=O)/C(C#N)=C/c2cn(-c3ccccc3)nc2-c2cccnc2)cc1. The van der Waals surface area contributed by atoms with Gasteiger partial charge in [-0.1, -0.05) is 18.2 Å². The van der Waals surface area contributed by atoms with Gasteiger partial charge in [-0.05, 0) is 61.5 Å². The Balaban J connectivity index is 1.67. The van der Waals surface area contributed by atoms with Crippen LogP contribution >= 0.6 is 0 Å². The molecule has 1 amide bonds. The molecular weight excluding hydrogens is 414 g/mol. The third-order valence-corrected chi connectivity index (χ3v) is 4.79. The second-order valence-corrected chi connectivity index (χ2v) is 7.04. The Morgan fingerprint density at radius 1 is 1.12 bits per heavy atom. The number of nitriles is 1. The van der Waals surface area contributed by atoms with Gasteiger partial charge in [0.15, 0.2) is 0 Å². The van der Waals surface area contributed by atoms with Crippen molar-refractivity contribution in [3.05, 3.63) is 96.5 Å². The number of pyridine rings is 1. The molecule has 2 aromatic carbocycles. The Bertz CT molecular complexity index is 1300. The summed E-state index contributed by atoms with van der Waals surface area (Å²) in [6.07, 6.45) is 6.71. The topological polar surface area (TPSA) is 92.8 Å². The molecule has 162 valence electrons. The van der Waals surface area contributed by atoms with Crippen LogP contribution < -0.4 is 10.1 Å². The van der Waals surface area contributed by atoms with E-state index in [1.807, 2.05) is 55.5 Å². The molecule has 0 aliphatic rings. The van der Waals surface area contributed by atoms with Gasteiger partial charge in [0.05, 0.1) is 12.3 Å². The van der Waals surface area contributed by atoms with Crippen molar-refractivity contribution in [1.29, 1.82) is 5.26 Å². The summed E-state index contributed by atoms with van der Waals surface area (Å²) in [5.41, 5.74) is 3.42. The number of nitrogens with zero attached hydrogens (tertiary/aromatic N) is 4. The molecule has 4 rings (SSSR count). The number of hydrogen-bond acceptors (Lipinski definition) is 5. The molecule has 0 radical (unpaired) electrons. The summed E-state index contributed by atoms with van der Waals surface area (Å²) in [6.45, 7) is 2.46. The van der Waals surface area contributed by atoms with Gasteiger partial charge in [0.25, 0.3) is 5.91 Å². The zero-order chi connectivity index (χ0) is 23.0. The van der Waals surface area contributed by atoms with E-state index >= 15 is 0 Å². The molecule has 2 heterocycles. The molecule has 2 aromatic heterocycles. The smallest absolute Gasteiger partial charge is 0.266 e. The number of carbonyl (C=O) groups excluding carboxylic acids is 1. The van der Waals surface area contributed by atoms with Gasteiger partial charge < -0.3 is 10.1 Å². The Kier molecular flexibility index (Phi) is 6.57. The zero-order valence-corrected chi connectivity index (χ0v) is 18.0. The maximum absolute atomic E-state index is 12.8. The third-order valence-electron chi connectivity index (χ3n) is 4.79. The minimum Gasteiger partial charge on any atom is -0.494 e. The second-order valence-electron chi connectivity index (χ2n) is 7.04. The van der Waals surface area contributed by atoms with Crippen LogP contribution in [0.1, 0.15) is 12.5 Å². The molecular formula is C26H21N5O2. The monoisotopic (exact) mass is 435 g/mol. The van der Waals surface area contributed by atoms with E-state index < -0.39 is 5.91 Å². The van der Waals surface area contributed by atoms with Crippen molar-refractivity contribution in [2.45, 2.75) is 6.92 Å². The third kappa shape index (κ3) is 5.14. The largest absolute Gasteiger partial charge is 0.494 e. The van der Waals surface area contributed by atoms with Crippen molar-refractivity contribution in [2.24, 2.45) is 0 Å². The maximum atomic E-state index is 12.8. The molecule has 0 aliphatic carbocycles. The van der Waals surface area contributed by atoms with E-state index in [-0.39, 0.29) is 5.57 Å². The molecule has 4 aromatic rings. The molecule has 0 fully saturated rings. The van der Waals surface area contributed by atoms with Crippen LogP contribution in [0.25, 0.3) is 23.0 Å². The van der Waals surface area contributed by atoms with E-state index in [1.165, 1.54) is 0 Å². The molecule has 7 nitrogen and oxygen atoms in total. The van der Waals surface area contributed by atoms with E-state index in [1.54, 1.807) is 53.6 Å². The van der Waals surface area contributed by atoms with Crippen LogP contribution in [0.4, 0.5) is 5.69 Å². The molecule has 0 aliphatic heterocycles. The lowest BCUT2D eigenvalue weighted by Gasteiger charge is -2.06. The number of nitrogens with one attached hydrogen (secondary N) is 1. The Hall–Kier alpha value is -4.70. The fourth-order valence-electron chi connectivity index (χ4n) is 3.24. The lowest BCUT2D eigenvalue weighted by atomic mass is 10.1. The number of carbonyl (C=O) groups is 1. The highest BCUT2D eigenvalue weighted by atomic mass is 16.5. The van der Waals surface area contributed by atoms with E-state index in [4.69, 9.17) is 4.74 Å². The van der Waals surface area contributed by atoms with Gasteiger partial charge in [0.2, 0.25) is 0 Å². The van der Waals surface area contributed by atoms with Gasteiger partial charge in [0.1, 0.15) is 23.1 Å². The molecule has 33 heavy (non-hydrogen) atoms. The highest BCUT2D eigenvalue weighted by molar-refractivity contribution is 6.10. The summed E-state index contributed by atoms with van der Waals surface area (Å²) < 4.78 is 7.13. The van der Waals surface area contributed by atoms with Gasteiger partial charge in [0, 0.05) is 35.4 Å². The summed E-state index contributed by atoms with van der Waals surface area (Å²) in [7, 11) is 0. The highest BCUT2D eigenvalue weighted by Crippen LogP contribution is 2.25. The molecule has 0 spiro atoms. The fourth-order valence-corrected chi connectivity index (χ4v) is 3.24. The van der Waals surface area contributed by atoms with Crippen LogP contribution in [0.5, 0.6) is 5.75 Å². The van der Waals surface area contributed by atoms with Crippen molar-refractivity contribution in [2.75, 3.05) is 11.9 Å². The second kappa shape index (κ2) is 10.1. The average Bonchev–Trinajstić information content (AvgIpc) is 3.29. The first kappa shape index (κ1) is 21.5. The lowest BCUT2D eigenvalue weighted by Crippen LogP contribution is -2.13. The van der Waals surface area contributed by atoms with E-state index in [0.29, 0.717) is 29.3 Å². The Morgan fingerprint density at radius 3 is 2.58 bits per heavy atom. The van der Waals surface area contributed by atoms with Crippen LogP contribution in [0.2, 0.25) is 0 Å². The summed E-state index contributed by atoms with van der Waals surface area (Å²) in [4.78, 5) is 17.0. The summed E-state index contributed by atoms with van der Waals surface area (Å²) in [6, 6.07) is 22.3. The number of amides is 1. The predicted octanol–water partition coefficient (Wildman–Crippen LogP) is 4.88. The number of aromatic nitrogens is 3. The normalized spacial score (nSPS) is 11.0. The van der Waals surface area contributed by atoms with Crippen molar-refractivity contribution >= 4 is 17.7 Å². The van der Waals surface area contributed by atoms with Gasteiger partial charge >= 0.3 is 0 Å².